The minimum Gasteiger partial charge on any atom is -0.324 e. The SMILES string of the molecule is CC(C)CN1CCC(F)(C(=O)Nc2cc3nc(-c4cnc5n4CCNC5)ccc3cn2)CC1. The molecule has 5 heterocycles. The van der Waals surface area contributed by atoms with Gasteiger partial charge in [0, 0.05) is 63.2 Å². The van der Waals surface area contributed by atoms with Crippen LogP contribution in [0.2, 0.25) is 0 Å². The number of aromatic nitrogens is 4. The molecule has 8 nitrogen and oxygen atoms in total. The molecule has 5 rings (SSSR count). The maximum atomic E-state index is 15.4. The van der Waals surface area contributed by atoms with Gasteiger partial charge >= 0.3 is 0 Å². The Hall–Kier alpha value is -2.91. The Labute approximate surface area is 192 Å². The lowest BCUT2D eigenvalue weighted by molar-refractivity contribution is -0.130. The Morgan fingerprint density at radius 1 is 1.21 bits per heavy atom. The van der Waals surface area contributed by atoms with Crippen molar-refractivity contribution in [3.05, 3.63) is 36.4 Å². The van der Waals surface area contributed by atoms with Crippen molar-refractivity contribution >= 4 is 22.6 Å². The van der Waals surface area contributed by atoms with Gasteiger partial charge in [0.2, 0.25) is 0 Å². The molecule has 0 spiro atoms. The van der Waals surface area contributed by atoms with Gasteiger partial charge in [0.1, 0.15) is 11.6 Å². The van der Waals surface area contributed by atoms with Crippen LogP contribution in [0.25, 0.3) is 22.3 Å². The molecule has 33 heavy (non-hydrogen) atoms. The van der Waals surface area contributed by atoms with Gasteiger partial charge in [-0.1, -0.05) is 13.8 Å². The summed E-state index contributed by atoms with van der Waals surface area (Å²) < 4.78 is 17.6. The van der Waals surface area contributed by atoms with Crippen molar-refractivity contribution in [2.24, 2.45) is 5.92 Å². The highest BCUT2D eigenvalue weighted by Gasteiger charge is 2.41. The third-order valence-electron chi connectivity index (χ3n) is 6.49. The maximum absolute atomic E-state index is 15.4. The fraction of sp³-hybridized carbons (Fsp3) is 0.500. The maximum Gasteiger partial charge on any atom is 0.263 e. The van der Waals surface area contributed by atoms with Crippen LogP contribution in [0.1, 0.15) is 32.5 Å². The molecule has 9 heteroatoms. The zero-order valence-electron chi connectivity index (χ0n) is 19.1. The molecule has 0 aromatic carbocycles. The molecule has 174 valence electrons. The van der Waals surface area contributed by atoms with Crippen molar-refractivity contribution in [2.45, 2.75) is 45.4 Å². The topological polar surface area (TPSA) is 88.0 Å². The van der Waals surface area contributed by atoms with Crippen LogP contribution in [0.15, 0.2) is 30.6 Å². The monoisotopic (exact) mass is 451 g/mol. The summed E-state index contributed by atoms with van der Waals surface area (Å²) in [6, 6.07) is 5.62. The standard InChI is InChI=1S/C24H30FN7O/c1-16(2)15-31-8-5-24(25,6-9-31)23(33)30-21-11-19-17(12-27-21)3-4-18(29-19)20-13-28-22-14-26-7-10-32(20)22/h3-4,11-13,16,26H,5-10,14-15H2,1-2H3,(H,27,30,33). The summed E-state index contributed by atoms with van der Waals surface area (Å²) in [6.45, 7) is 8.87. The fourth-order valence-corrected chi connectivity index (χ4v) is 4.69. The van der Waals surface area contributed by atoms with Crippen LogP contribution in [0.5, 0.6) is 0 Å². The molecular formula is C24H30FN7O. The third-order valence-corrected chi connectivity index (χ3v) is 6.49. The van der Waals surface area contributed by atoms with Crippen LogP contribution < -0.4 is 10.6 Å². The number of nitrogens with one attached hydrogen (secondary N) is 2. The van der Waals surface area contributed by atoms with Gasteiger partial charge in [0.05, 0.1) is 29.6 Å². The van der Waals surface area contributed by atoms with Gasteiger partial charge in [-0.05, 0) is 18.1 Å². The molecule has 0 aliphatic carbocycles. The highest BCUT2D eigenvalue weighted by molar-refractivity contribution is 5.97. The summed E-state index contributed by atoms with van der Waals surface area (Å²) in [7, 11) is 0. The molecule has 3 aromatic rings. The van der Waals surface area contributed by atoms with Gasteiger partial charge in [-0.25, -0.2) is 19.3 Å². The van der Waals surface area contributed by atoms with E-state index in [4.69, 9.17) is 4.98 Å². The number of piperidine rings is 1. The number of hydrogen-bond donors (Lipinski definition) is 2. The molecule has 2 N–H and O–H groups in total. The van der Waals surface area contributed by atoms with Crippen LogP contribution in [0.4, 0.5) is 10.2 Å². The van der Waals surface area contributed by atoms with Crippen LogP contribution in [-0.4, -0.2) is 62.2 Å². The van der Waals surface area contributed by atoms with Gasteiger partial charge in [-0.15, -0.1) is 0 Å². The summed E-state index contributed by atoms with van der Waals surface area (Å²) in [5.74, 6) is 1.22. The average Bonchev–Trinajstić information content (AvgIpc) is 3.24. The highest BCUT2D eigenvalue weighted by Crippen LogP contribution is 2.29. The van der Waals surface area contributed by atoms with Crippen molar-refractivity contribution in [3.63, 3.8) is 0 Å². The van der Waals surface area contributed by atoms with Gasteiger partial charge in [0.25, 0.3) is 5.91 Å². The number of halogens is 1. The third kappa shape index (κ3) is 4.47. The number of imidazole rings is 1. The molecule has 0 atom stereocenters. The summed E-state index contributed by atoms with van der Waals surface area (Å²) in [6.07, 6.45) is 3.90. The number of carbonyl (C=O) groups is 1. The predicted molar refractivity (Wildman–Crippen MR) is 125 cm³/mol. The van der Waals surface area contributed by atoms with Crippen molar-refractivity contribution < 1.29 is 9.18 Å². The Kier molecular flexibility index (Phi) is 5.84. The van der Waals surface area contributed by atoms with E-state index in [-0.39, 0.29) is 12.8 Å². The summed E-state index contributed by atoms with van der Waals surface area (Å²) >= 11 is 0. The number of rotatable bonds is 5. The predicted octanol–water partition coefficient (Wildman–Crippen LogP) is 3.00. The van der Waals surface area contributed by atoms with Crippen LogP contribution >= 0.6 is 0 Å². The Balaban J connectivity index is 1.33. The second-order valence-corrected chi connectivity index (χ2v) is 9.46. The number of pyridine rings is 2. The van der Waals surface area contributed by atoms with E-state index in [9.17, 15) is 4.79 Å². The number of fused-ring (bicyclic) bond motifs is 2. The van der Waals surface area contributed by atoms with E-state index in [0.29, 0.717) is 30.3 Å². The van der Waals surface area contributed by atoms with E-state index in [1.165, 1.54) is 0 Å². The molecule has 0 radical (unpaired) electrons. The number of hydrogen-bond acceptors (Lipinski definition) is 6. The van der Waals surface area contributed by atoms with Crippen molar-refractivity contribution in [2.75, 3.05) is 31.5 Å². The van der Waals surface area contributed by atoms with Crippen molar-refractivity contribution in [1.29, 1.82) is 0 Å². The lowest BCUT2D eigenvalue weighted by Gasteiger charge is -2.36. The normalized spacial score (nSPS) is 18.4. The quantitative estimate of drug-likeness (QED) is 0.620. The van der Waals surface area contributed by atoms with E-state index in [0.717, 1.165) is 48.8 Å². The summed E-state index contributed by atoms with van der Waals surface area (Å²) in [4.78, 5) is 28.6. The highest BCUT2D eigenvalue weighted by atomic mass is 19.1. The molecule has 2 aliphatic heterocycles. The average molecular weight is 452 g/mol. The number of likely N-dealkylation sites (tertiary alicyclic amines) is 1. The molecule has 0 saturated carbocycles. The lowest BCUT2D eigenvalue weighted by atomic mass is 9.92. The van der Waals surface area contributed by atoms with E-state index in [2.05, 4.69) is 43.9 Å². The smallest absolute Gasteiger partial charge is 0.263 e. The minimum atomic E-state index is -1.87. The Morgan fingerprint density at radius 2 is 2.03 bits per heavy atom. The van der Waals surface area contributed by atoms with Crippen molar-refractivity contribution in [1.82, 2.24) is 29.7 Å². The summed E-state index contributed by atoms with van der Waals surface area (Å²) in [5, 5.41) is 6.87. The first-order valence-corrected chi connectivity index (χ1v) is 11.7. The van der Waals surface area contributed by atoms with E-state index >= 15 is 4.39 Å². The van der Waals surface area contributed by atoms with Crippen LogP contribution in [-0.2, 0) is 17.9 Å². The first kappa shape index (κ1) is 21.9. The first-order chi connectivity index (χ1) is 15.9. The van der Waals surface area contributed by atoms with Crippen LogP contribution in [0.3, 0.4) is 0 Å². The zero-order chi connectivity index (χ0) is 23.0. The molecule has 0 unspecified atom stereocenters. The second kappa shape index (κ2) is 8.79. The van der Waals surface area contributed by atoms with Crippen LogP contribution in [0, 0.1) is 5.92 Å². The largest absolute Gasteiger partial charge is 0.324 e. The molecule has 2 aliphatic rings. The van der Waals surface area contributed by atoms with E-state index in [1.807, 2.05) is 18.3 Å². The fourth-order valence-electron chi connectivity index (χ4n) is 4.69. The Morgan fingerprint density at radius 3 is 2.82 bits per heavy atom. The Bertz CT molecular complexity index is 1170. The minimum absolute atomic E-state index is 0.197. The number of nitrogens with zero attached hydrogens (tertiary/aromatic N) is 5. The molecule has 1 saturated heterocycles. The first-order valence-electron chi connectivity index (χ1n) is 11.7. The van der Waals surface area contributed by atoms with Crippen molar-refractivity contribution in [3.8, 4) is 11.4 Å². The van der Waals surface area contributed by atoms with Gasteiger partial charge < -0.3 is 20.1 Å². The van der Waals surface area contributed by atoms with E-state index < -0.39 is 11.6 Å². The molecule has 1 amide bonds. The number of carbonyl (C=O) groups excluding carboxylic acids is 1. The lowest BCUT2D eigenvalue weighted by Crippen LogP contribution is -2.49. The molecular weight excluding hydrogens is 421 g/mol. The molecule has 1 fully saturated rings. The van der Waals surface area contributed by atoms with Gasteiger partial charge in [0.15, 0.2) is 5.67 Å². The zero-order valence-corrected chi connectivity index (χ0v) is 19.1. The number of amides is 1. The molecule has 0 bridgehead atoms. The summed E-state index contributed by atoms with van der Waals surface area (Å²) in [5.41, 5.74) is 0.601. The second-order valence-electron chi connectivity index (χ2n) is 9.46. The van der Waals surface area contributed by atoms with Gasteiger partial charge in [-0.3, -0.25) is 4.79 Å². The van der Waals surface area contributed by atoms with Gasteiger partial charge in [-0.2, -0.15) is 0 Å². The number of alkyl halides is 1. The molecule has 3 aromatic heterocycles. The number of anilines is 1. The van der Waals surface area contributed by atoms with E-state index in [1.54, 1.807) is 12.3 Å².